The van der Waals surface area contributed by atoms with Gasteiger partial charge in [0.25, 0.3) is 0 Å². The summed E-state index contributed by atoms with van der Waals surface area (Å²) in [6, 6.07) is 8.40. The average Bonchev–Trinajstić information content (AvgIpc) is 2.94. The minimum atomic E-state index is 0.632. The largest absolute Gasteiger partial charge is 0.358 e. The molecule has 0 amide bonds. The molecule has 0 aliphatic rings. The van der Waals surface area contributed by atoms with E-state index in [1.165, 1.54) is 16.5 Å². The lowest BCUT2D eigenvalue weighted by molar-refractivity contribution is 0.902. The number of aromatic amines is 2. The molecule has 98 valence electrons. The quantitative estimate of drug-likeness (QED) is 0.672. The zero-order valence-electron chi connectivity index (χ0n) is 11.2. The van der Waals surface area contributed by atoms with Crippen LogP contribution in [0.4, 0.5) is 0 Å². The number of H-pyrrole nitrogens is 2. The second kappa shape index (κ2) is 4.55. The summed E-state index contributed by atoms with van der Waals surface area (Å²) >= 11 is 0. The third-order valence-electron chi connectivity index (χ3n) is 3.52. The highest BCUT2D eigenvalue weighted by molar-refractivity contribution is 5.98. The number of aryl methyl sites for hydroxylation is 2. The van der Waals surface area contributed by atoms with Crippen molar-refractivity contribution in [1.82, 2.24) is 15.2 Å². The van der Waals surface area contributed by atoms with Crippen molar-refractivity contribution in [1.29, 1.82) is 0 Å². The molecule has 0 aliphatic carbocycles. The molecule has 0 spiro atoms. The van der Waals surface area contributed by atoms with Crippen molar-refractivity contribution in [3.05, 3.63) is 41.2 Å². The Labute approximate surface area is 112 Å². The van der Waals surface area contributed by atoms with Crippen molar-refractivity contribution >= 4 is 10.9 Å². The van der Waals surface area contributed by atoms with Crippen molar-refractivity contribution in [2.45, 2.75) is 20.3 Å². The van der Waals surface area contributed by atoms with Gasteiger partial charge in [-0.1, -0.05) is 12.1 Å². The summed E-state index contributed by atoms with van der Waals surface area (Å²) in [5.74, 6) is 0. The van der Waals surface area contributed by atoms with Crippen molar-refractivity contribution < 1.29 is 0 Å². The van der Waals surface area contributed by atoms with E-state index in [1.54, 1.807) is 0 Å². The van der Waals surface area contributed by atoms with E-state index in [4.69, 9.17) is 5.73 Å². The van der Waals surface area contributed by atoms with Gasteiger partial charge >= 0.3 is 0 Å². The lowest BCUT2D eigenvalue weighted by Gasteiger charge is -1.99. The Bertz CT molecular complexity index is 721. The first-order chi connectivity index (χ1) is 9.20. The molecular formula is C15H18N4. The van der Waals surface area contributed by atoms with Crippen LogP contribution in [0.25, 0.3) is 22.2 Å². The molecule has 0 saturated carbocycles. The highest BCUT2D eigenvalue weighted by atomic mass is 15.1. The Kier molecular flexibility index (Phi) is 2.87. The van der Waals surface area contributed by atoms with Gasteiger partial charge in [0.1, 0.15) is 0 Å². The third kappa shape index (κ3) is 1.94. The topological polar surface area (TPSA) is 70.5 Å². The molecule has 3 rings (SSSR count). The predicted molar refractivity (Wildman–Crippen MR) is 78.1 cm³/mol. The molecule has 4 N–H and O–H groups in total. The smallest absolute Gasteiger partial charge is 0.0947 e. The molecule has 0 saturated heterocycles. The van der Waals surface area contributed by atoms with Gasteiger partial charge in [0.2, 0.25) is 0 Å². The maximum Gasteiger partial charge on any atom is 0.0947 e. The number of hydrogen-bond donors (Lipinski definition) is 3. The Balaban J connectivity index is 2.20. The van der Waals surface area contributed by atoms with E-state index in [0.29, 0.717) is 6.54 Å². The van der Waals surface area contributed by atoms with E-state index in [1.807, 2.05) is 0 Å². The van der Waals surface area contributed by atoms with E-state index >= 15 is 0 Å². The normalized spacial score (nSPS) is 11.3. The molecule has 19 heavy (non-hydrogen) atoms. The van der Waals surface area contributed by atoms with Crippen LogP contribution in [0.15, 0.2) is 24.3 Å². The predicted octanol–water partition coefficient (Wildman–Crippen LogP) is 2.68. The molecule has 4 nitrogen and oxygen atoms in total. The standard InChI is InChI=1S/C15H18N4/c1-9-4-3-5-12-14(9)15(10(2)17-12)13-8-11(6-7-16)18-19-13/h3-5,8,17H,6-7,16H2,1-2H3,(H,18,19). The number of fused-ring (bicyclic) bond motifs is 1. The SMILES string of the molecule is Cc1[nH]c2cccc(C)c2c1-c1cc(CCN)[nH]n1. The molecule has 0 atom stereocenters. The van der Waals surface area contributed by atoms with E-state index in [-0.39, 0.29) is 0 Å². The second-order valence-corrected chi connectivity index (χ2v) is 4.94. The maximum atomic E-state index is 5.58. The second-order valence-electron chi connectivity index (χ2n) is 4.94. The molecule has 0 aliphatic heterocycles. The van der Waals surface area contributed by atoms with Crippen molar-refractivity contribution in [3.63, 3.8) is 0 Å². The van der Waals surface area contributed by atoms with Gasteiger partial charge in [-0.2, -0.15) is 5.10 Å². The number of nitrogens with two attached hydrogens (primary N) is 1. The van der Waals surface area contributed by atoms with Crippen LogP contribution < -0.4 is 5.73 Å². The molecule has 3 aromatic rings. The number of benzene rings is 1. The number of aromatic nitrogens is 3. The Morgan fingerprint density at radius 1 is 1.26 bits per heavy atom. The molecule has 2 heterocycles. The molecular weight excluding hydrogens is 236 g/mol. The Morgan fingerprint density at radius 3 is 2.89 bits per heavy atom. The Hall–Kier alpha value is -2.07. The first kappa shape index (κ1) is 12.0. The average molecular weight is 254 g/mol. The van der Waals surface area contributed by atoms with Crippen LogP contribution in [0, 0.1) is 13.8 Å². The van der Waals surface area contributed by atoms with E-state index in [2.05, 4.69) is 53.3 Å². The van der Waals surface area contributed by atoms with Gasteiger partial charge in [0.15, 0.2) is 0 Å². The zero-order chi connectivity index (χ0) is 13.4. The maximum absolute atomic E-state index is 5.58. The zero-order valence-corrected chi connectivity index (χ0v) is 11.2. The summed E-state index contributed by atoms with van der Waals surface area (Å²) in [6.45, 7) is 4.85. The fraction of sp³-hybridized carbons (Fsp3) is 0.267. The summed E-state index contributed by atoms with van der Waals surface area (Å²) in [6.07, 6.45) is 0.827. The highest BCUT2D eigenvalue weighted by Gasteiger charge is 2.14. The van der Waals surface area contributed by atoms with Crippen LogP contribution >= 0.6 is 0 Å². The van der Waals surface area contributed by atoms with Crippen LogP contribution in [-0.4, -0.2) is 21.7 Å². The van der Waals surface area contributed by atoms with Crippen LogP contribution in [0.2, 0.25) is 0 Å². The summed E-state index contributed by atoms with van der Waals surface area (Å²) in [4.78, 5) is 3.43. The van der Waals surface area contributed by atoms with Crippen molar-refractivity contribution in [3.8, 4) is 11.3 Å². The van der Waals surface area contributed by atoms with Gasteiger partial charge in [-0.3, -0.25) is 5.10 Å². The van der Waals surface area contributed by atoms with Crippen molar-refractivity contribution in [2.75, 3.05) is 6.54 Å². The van der Waals surface area contributed by atoms with Gasteiger partial charge in [-0.05, 0) is 38.1 Å². The first-order valence-corrected chi connectivity index (χ1v) is 6.53. The molecule has 0 radical (unpaired) electrons. The Morgan fingerprint density at radius 2 is 2.11 bits per heavy atom. The molecule has 0 bridgehead atoms. The van der Waals surface area contributed by atoms with Crippen LogP contribution in [0.1, 0.15) is 17.0 Å². The molecule has 4 heteroatoms. The lowest BCUT2D eigenvalue weighted by atomic mass is 10.0. The fourth-order valence-corrected chi connectivity index (χ4v) is 2.65. The summed E-state index contributed by atoms with van der Waals surface area (Å²) in [7, 11) is 0. The molecule has 0 fully saturated rings. The molecule has 0 unspecified atom stereocenters. The lowest BCUT2D eigenvalue weighted by Crippen LogP contribution is -2.02. The van der Waals surface area contributed by atoms with E-state index < -0.39 is 0 Å². The monoisotopic (exact) mass is 254 g/mol. The number of rotatable bonds is 3. The van der Waals surface area contributed by atoms with Crippen LogP contribution in [-0.2, 0) is 6.42 Å². The number of nitrogens with zero attached hydrogens (tertiary/aromatic N) is 1. The van der Waals surface area contributed by atoms with Crippen LogP contribution in [0.3, 0.4) is 0 Å². The van der Waals surface area contributed by atoms with Gasteiger partial charge in [-0.25, -0.2) is 0 Å². The fourth-order valence-electron chi connectivity index (χ4n) is 2.65. The van der Waals surface area contributed by atoms with Gasteiger partial charge in [0, 0.05) is 34.3 Å². The minimum Gasteiger partial charge on any atom is -0.358 e. The first-order valence-electron chi connectivity index (χ1n) is 6.53. The number of hydrogen-bond acceptors (Lipinski definition) is 2. The van der Waals surface area contributed by atoms with E-state index in [0.717, 1.165) is 29.0 Å². The van der Waals surface area contributed by atoms with Gasteiger partial charge in [-0.15, -0.1) is 0 Å². The highest BCUT2D eigenvalue weighted by Crippen LogP contribution is 2.33. The van der Waals surface area contributed by atoms with Crippen molar-refractivity contribution in [2.24, 2.45) is 5.73 Å². The summed E-state index contributed by atoms with van der Waals surface area (Å²) in [5.41, 5.74) is 12.4. The molecule has 2 aromatic heterocycles. The third-order valence-corrected chi connectivity index (χ3v) is 3.52. The molecule has 1 aromatic carbocycles. The summed E-state index contributed by atoms with van der Waals surface area (Å²) < 4.78 is 0. The van der Waals surface area contributed by atoms with Crippen LogP contribution in [0.5, 0.6) is 0 Å². The van der Waals surface area contributed by atoms with E-state index in [9.17, 15) is 0 Å². The van der Waals surface area contributed by atoms with Gasteiger partial charge < -0.3 is 10.7 Å². The number of nitrogens with one attached hydrogen (secondary N) is 2. The summed E-state index contributed by atoms with van der Waals surface area (Å²) in [5, 5.41) is 8.75. The van der Waals surface area contributed by atoms with Gasteiger partial charge in [0.05, 0.1) is 5.69 Å². The minimum absolute atomic E-state index is 0.632.